The molecule has 0 radical (unpaired) electrons. The molecule has 50 heavy (non-hydrogen) atoms. The molecule has 1 fully saturated rings. The number of carbonyl (C=O) groups is 4. The first-order valence-corrected chi connectivity index (χ1v) is 16.7. The molecule has 1 heterocycles. The molecule has 4 aromatic rings. The number of aryl methyl sites for hydroxylation is 1. The fraction of sp³-hybridized carbons (Fsp3) is 0.378. The van der Waals surface area contributed by atoms with Gasteiger partial charge in [-0.25, -0.2) is 9.59 Å². The maximum absolute atomic E-state index is 13.8. The van der Waals surface area contributed by atoms with E-state index in [0.717, 1.165) is 40.7 Å². The summed E-state index contributed by atoms with van der Waals surface area (Å²) < 4.78 is 5.34. The first kappa shape index (κ1) is 35.7. The summed E-state index contributed by atoms with van der Waals surface area (Å²) in [7, 11) is 0. The lowest BCUT2D eigenvalue weighted by Gasteiger charge is -2.29. The standard InChI is InChI=1S/C37H43N7O6/c1-22-8-11-28(35(47)48)20-30(22)27-7-5-6-24(18-27)19-31(34(46)39-29-16-14-25(15-17-29)32-41-43-44-42-32)40-33(45)26-12-9-23(10-13-26)21-38-36(49)50-37(2,3)4/h5-8,11,14-18,20,23,26,31H,9-10,12-13,19,21H2,1-4H3,(H,38,49)(H,39,46)(H,40,45)(H,47,48)(H,41,42,43,44)/t23?,26?,31-/m0/s1. The van der Waals surface area contributed by atoms with Crippen LogP contribution in [0.5, 0.6) is 0 Å². The van der Waals surface area contributed by atoms with Gasteiger partial charge in [0.1, 0.15) is 11.6 Å². The zero-order chi connectivity index (χ0) is 35.8. The Balaban J connectivity index is 1.29. The highest BCUT2D eigenvalue weighted by Gasteiger charge is 2.30. The van der Waals surface area contributed by atoms with Crippen molar-refractivity contribution in [3.63, 3.8) is 0 Å². The Morgan fingerprint density at radius 3 is 2.36 bits per heavy atom. The molecule has 5 rings (SSSR count). The van der Waals surface area contributed by atoms with Crippen molar-refractivity contribution in [1.82, 2.24) is 31.3 Å². The number of aromatic nitrogens is 4. The van der Waals surface area contributed by atoms with Crippen molar-refractivity contribution in [2.24, 2.45) is 11.8 Å². The molecule has 1 atom stereocenters. The Bertz CT molecular complexity index is 1810. The smallest absolute Gasteiger partial charge is 0.407 e. The maximum Gasteiger partial charge on any atom is 0.407 e. The van der Waals surface area contributed by atoms with Crippen molar-refractivity contribution in [3.05, 3.63) is 83.4 Å². The molecule has 13 nitrogen and oxygen atoms in total. The van der Waals surface area contributed by atoms with Crippen molar-refractivity contribution in [1.29, 1.82) is 0 Å². The van der Waals surface area contributed by atoms with Crippen molar-refractivity contribution in [3.8, 4) is 22.5 Å². The number of carboxylic acids is 1. The molecule has 1 saturated carbocycles. The fourth-order valence-corrected chi connectivity index (χ4v) is 6.05. The molecule has 5 N–H and O–H groups in total. The number of aromatic amines is 1. The van der Waals surface area contributed by atoms with E-state index in [0.29, 0.717) is 30.9 Å². The zero-order valence-corrected chi connectivity index (χ0v) is 28.7. The van der Waals surface area contributed by atoms with Crippen LogP contribution in [-0.4, -0.2) is 67.8 Å². The van der Waals surface area contributed by atoms with Crippen LogP contribution in [0.15, 0.2) is 66.7 Å². The summed E-state index contributed by atoms with van der Waals surface area (Å²) in [5, 5.41) is 32.3. The quantitative estimate of drug-likeness (QED) is 0.135. The van der Waals surface area contributed by atoms with E-state index in [1.54, 1.807) is 42.5 Å². The van der Waals surface area contributed by atoms with E-state index in [-0.39, 0.29) is 35.6 Å². The number of nitrogens with one attached hydrogen (secondary N) is 4. The highest BCUT2D eigenvalue weighted by Crippen LogP contribution is 2.30. The van der Waals surface area contributed by atoms with E-state index in [1.165, 1.54) is 0 Å². The Hall–Kier alpha value is -5.59. The Labute approximate surface area is 290 Å². The van der Waals surface area contributed by atoms with Crippen molar-refractivity contribution in [2.45, 2.75) is 71.4 Å². The minimum absolute atomic E-state index is 0.182. The third-order valence-corrected chi connectivity index (χ3v) is 8.70. The van der Waals surface area contributed by atoms with E-state index in [4.69, 9.17) is 4.74 Å². The van der Waals surface area contributed by atoms with E-state index in [9.17, 15) is 24.3 Å². The van der Waals surface area contributed by atoms with E-state index >= 15 is 0 Å². The second kappa shape index (κ2) is 15.7. The van der Waals surface area contributed by atoms with Crippen molar-refractivity contribution >= 4 is 29.6 Å². The molecule has 3 amide bonds. The van der Waals surface area contributed by atoms with Gasteiger partial charge >= 0.3 is 12.1 Å². The normalized spacial score (nSPS) is 16.6. The number of nitrogens with zero attached hydrogens (tertiary/aromatic N) is 3. The molecular formula is C37H43N7O6. The predicted molar refractivity (Wildman–Crippen MR) is 187 cm³/mol. The van der Waals surface area contributed by atoms with Crippen LogP contribution >= 0.6 is 0 Å². The van der Waals surface area contributed by atoms with Crippen molar-refractivity contribution in [2.75, 3.05) is 11.9 Å². The molecule has 0 bridgehead atoms. The van der Waals surface area contributed by atoms with Crippen LogP contribution in [0.25, 0.3) is 22.5 Å². The molecule has 0 aliphatic heterocycles. The van der Waals surface area contributed by atoms with Gasteiger partial charge in [0.15, 0.2) is 0 Å². The molecule has 0 spiro atoms. The summed E-state index contributed by atoms with van der Waals surface area (Å²) in [6.45, 7) is 7.84. The lowest BCUT2D eigenvalue weighted by Crippen LogP contribution is -2.48. The molecule has 3 aromatic carbocycles. The fourth-order valence-electron chi connectivity index (χ4n) is 6.05. The van der Waals surface area contributed by atoms with Crippen LogP contribution in [0, 0.1) is 18.8 Å². The molecule has 13 heteroatoms. The number of tetrazole rings is 1. The molecule has 1 aromatic heterocycles. The second-order valence-corrected chi connectivity index (χ2v) is 13.7. The number of H-pyrrole nitrogens is 1. The highest BCUT2D eigenvalue weighted by molar-refractivity contribution is 5.98. The predicted octanol–water partition coefficient (Wildman–Crippen LogP) is 5.54. The Morgan fingerprint density at radius 1 is 0.960 bits per heavy atom. The van der Waals surface area contributed by atoms with Crippen LogP contribution in [0.1, 0.15) is 67.9 Å². The topological polar surface area (TPSA) is 188 Å². The van der Waals surface area contributed by atoms with Gasteiger partial charge in [0.25, 0.3) is 0 Å². The van der Waals surface area contributed by atoms with Gasteiger partial charge in [-0.05, 0) is 123 Å². The van der Waals surface area contributed by atoms with Gasteiger partial charge in [-0.15, -0.1) is 10.2 Å². The summed E-state index contributed by atoms with van der Waals surface area (Å²) >= 11 is 0. The molecule has 0 unspecified atom stereocenters. The number of aromatic carboxylic acids is 1. The van der Waals surface area contributed by atoms with Crippen LogP contribution in [0.2, 0.25) is 0 Å². The third kappa shape index (κ3) is 9.74. The van der Waals surface area contributed by atoms with Gasteiger partial charge in [-0.2, -0.15) is 5.21 Å². The summed E-state index contributed by atoms with van der Waals surface area (Å²) in [5.74, 6) is -1.21. The van der Waals surface area contributed by atoms with Crippen LogP contribution in [-0.2, 0) is 20.7 Å². The number of amides is 3. The number of alkyl carbamates (subject to hydrolysis) is 1. The van der Waals surface area contributed by atoms with Crippen molar-refractivity contribution < 1.29 is 29.0 Å². The average Bonchev–Trinajstić information content (AvgIpc) is 3.62. The number of carboxylic acid groups (broad SMARTS) is 1. The molecular weight excluding hydrogens is 638 g/mol. The SMILES string of the molecule is Cc1ccc(C(=O)O)cc1-c1cccc(C[C@H](NC(=O)C2CCC(CNC(=O)OC(C)(C)C)CC2)C(=O)Nc2ccc(-c3nn[nH]n3)cc2)c1. The minimum Gasteiger partial charge on any atom is -0.478 e. The number of benzene rings is 3. The van der Waals surface area contributed by atoms with Gasteiger partial charge in [-0.3, -0.25) is 9.59 Å². The van der Waals surface area contributed by atoms with Gasteiger partial charge in [0.05, 0.1) is 5.56 Å². The summed E-state index contributed by atoms with van der Waals surface area (Å²) in [6.07, 6.45) is 2.53. The minimum atomic E-state index is -1.01. The summed E-state index contributed by atoms with van der Waals surface area (Å²) in [5.41, 5.74) is 4.16. The van der Waals surface area contributed by atoms with Crippen LogP contribution < -0.4 is 16.0 Å². The molecule has 1 aliphatic rings. The molecule has 0 saturated heterocycles. The number of hydrogen-bond acceptors (Lipinski definition) is 8. The number of ether oxygens (including phenoxy) is 1. The lowest BCUT2D eigenvalue weighted by molar-refractivity contribution is -0.130. The third-order valence-electron chi connectivity index (χ3n) is 8.70. The van der Waals surface area contributed by atoms with Crippen LogP contribution in [0.4, 0.5) is 10.5 Å². The Morgan fingerprint density at radius 2 is 1.70 bits per heavy atom. The highest BCUT2D eigenvalue weighted by atomic mass is 16.6. The monoisotopic (exact) mass is 681 g/mol. The average molecular weight is 682 g/mol. The largest absolute Gasteiger partial charge is 0.478 e. The number of hydrogen-bond donors (Lipinski definition) is 5. The van der Waals surface area contributed by atoms with E-state index in [2.05, 4.69) is 36.6 Å². The molecule has 1 aliphatic carbocycles. The number of carbonyl (C=O) groups excluding carboxylic acids is 3. The Kier molecular flexibility index (Phi) is 11.2. The van der Waals surface area contributed by atoms with Gasteiger partial charge in [-0.1, -0.05) is 30.3 Å². The first-order chi connectivity index (χ1) is 23.8. The second-order valence-electron chi connectivity index (χ2n) is 13.7. The zero-order valence-electron chi connectivity index (χ0n) is 28.7. The van der Waals surface area contributed by atoms with Gasteiger partial charge in [0.2, 0.25) is 17.6 Å². The van der Waals surface area contributed by atoms with Gasteiger partial charge < -0.3 is 25.8 Å². The number of rotatable bonds is 11. The van der Waals surface area contributed by atoms with Crippen LogP contribution in [0.3, 0.4) is 0 Å². The lowest BCUT2D eigenvalue weighted by atomic mass is 9.81. The maximum atomic E-state index is 13.8. The van der Waals surface area contributed by atoms with Gasteiger partial charge in [0, 0.05) is 30.1 Å². The summed E-state index contributed by atoms with van der Waals surface area (Å²) in [6, 6.07) is 18.6. The van der Waals surface area contributed by atoms with E-state index in [1.807, 2.05) is 52.0 Å². The van der Waals surface area contributed by atoms with E-state index < -0.39 is 23.7 Å². The number of anilines is 1. The summed E-state index contributed by atoms with van der Waals surface area (Å²) in [4.78, 5) is 51.2. The molecule has 262 valence electrons. The first-order valence-electron chi connectivity index (χ1n) is 16.7.